The summed E-state index contributed by atoms with van der Waals surface area (Å²) in [6.45, 7) is 6.22. The Kier molecular flexibility index (Phi) is 7.00. The highest BCUT2D eigenvalue weighted by atomic mass is 16.5. The Hall–Kier alpha value is -2.57. The number of piperidine rings is 1. The summed E-state index contributed by atoms with van der Waals surface area (Å²) in [4.78, 5) is 38.0. The van der Waals surface area contributed by atoms with Crippen molar-refractivity contribution in [2.24, 2.45) is 5.92 Å². The molecular weight excluding hydrogens is 334 g/mol. The van der Waals surface area contributed by atoms with Crippen LogP contribution in [0.3, 0.4) is 0 Å². The smallest absolute Gasteiger partial charge is 0.321 e. The molecule has 7 nitrogen and oxygen atoms in total. The highest BCUT2D eigenvalue weighted by Crippen LogP contribution is 2.20. The number of hydrogen-bond acceptors (Lipinski definition) is 4. The van der Waals surface area contributed by atoms with Gasteiger partial charge < -0.3 is 20.3 Å². The largest absolute Gasteiger partial charge is 0.452 e. The summed E-state index contributed by atoms with van der Waals surface area (Å²) >= 11 is 0. The van der Waals surface area contributed by atoms with Gasteiger partial charge in [0.05, 0.1) is 5.92 Å². The lowest BCUT2D eigenvalue weighted by molar-refractivity contribution is -0.160. The van der Waals surface area contributed by atoms with Crippen LogP contribution in [-0.2, 0) is 14.3 Å². The van der Waals surface area contributed by atoms with E-state index >= 15 is 0 Å². The number of para-hydroxylation sites is 1. The number of hydrogen-bond donors (Lipinski definition) is 2. The summed E-state index contributed by atoms with van der Waals surface area (Å²) in [6, 6.07) is 9.07. The molecule has 2 rings (SSSR count). The molecule has 2 N–H and O–H groups in total. The lowest BCUT2D eigenvalue weighted by atomic mass is 9.97. The van der Waals surface area contributed by atoms with E-state index < -0.39 is 6.10 Å². The van der Waals surface area contributed by atoms with Gasteiger partial charge in [-0.15, -0.1) is 0 Å². The van der Waals surface area contributed by atoms with E-state index in [4.69, 9.17) is 4.74 Å². The number of benzene rings is 1. The minimum Gasteiger partial charge on any atom is -0.452 e. The van der Waals surface area contributed by atoms with Gasteiger partial charge in [0.2, 0.25) is 0 Å². The van der Waals surface area contributed by atoms with E-state index in [0.717, 1.165) is 5.69 Å². The van der Waals surface area contributed by atoms with Gasteiger partial charge in [0.1, 0.15) is 0 Å². The van der Waals surface area contributed by atoms with Crippen molar-refractivity contribution in [1.29, 1.82) is 0 Å². The van der Waals surface area contributed by atoms with Gasteiger partial charge in [-0.1, -0.05) is 18.2 Å². The van der Waals surface area contributed by atoms with Crippen LogP contribution in [0.5, 0.6) is 0 Å². The maximum absolute atomic E-state index is 12.3. The van der Waals surface area contributed by atoms with E-state index in [0.29, 0.717) is 25.9 Å². The first-order valence-electron chi connectivity index (χ1n) is 8.98. The van der Waals surface area contributed by atoms with Crippen molar-refractivity contribution in [3.8, 4) is 0 Å². The first-order chi connectivity index (χ1) is 12.4. The molecule has 7 heteroatoms. The average Bonchev–Trinajstić information content (AvgIpc) is 2.62. The molecule has 1 aromatic rings. The van der Waals surface area contributed by atoms with E-state index in [9.17, 15) is 14.4 Å². The Morgan fingerprint density at radius 3 is 2.27 bits per heavy atom. The molecular formula is C19H27N3O4. The predicted octanol–water partition coefficient (Wildman–Crippen LogP) is 2.39. The Morgan fingerprint density at radius 2 is 1.69 bits per heavy atom. The molecule has 0 unspecified atom stereocenters. The van der Waals surface area contributed by atoms with Crippen LogP contribution >= 0.6 is 0 Å². The Morgan fingerprint density at radius 1 is 1.08 bits per heavy atom. The van der Waals surface area contributed by atoms with E-state index in [1.807, 2.05) is 44.2 Å². The normalized spacial score (nSPS) is 16.1. The maximum atomic E-state index is 12.3. The van der Waals surface area contributed by atoms with Crippen LogP contribution < -0.4 is 10.6 Å². The number of carbonyl (C=O) groups is 3. The van der Waals surface area contributed by atoms with Crippen molar-refractivity contribution in [3.63, 3.8) is 0 Å². The highest BCUT2D eigenvalue weighted by Gasteiger charge is 2.30. The molecule has 142 valence electrons. The quantitative estimate of drug-likeness (QED) is 0.788. The number of urea groups is 1. The van der Waals surface area contributed by atoms with Crippen LogP contribution in [-0.4, -0.2) is 48.0 Å². The number of nitrogens with one attached hydrogen (secondary N) is 2. The Labute approximate surface area is 154 Å². The van der Waals surface area contributed by atoms with Crippen LogP contribution in [0.15, 0.2) is 30.3 Å². The summed E-state index contributed by atoms with van der Waals surface area (Å²) in [7, 11) is 0. The molecule has 0 spiro atoms. The SMILES string of the molecule is CC(C)NC(=O)[C@@H](C)OC(=O)C1CCN(C(=O)Nc2ccccc2)CC1. The number of anilines is 1. The zero-order chi connectivity index (χ0) is 19.1. The van der Waals surface area contributed by atoms with Gasteiger partial charge in [0, 0.05) is 24.8 Å². The third-order valence-electron chi connectivity index (χ3n) is 4.23. The zero-order valence-corrected chi connectivity index (χ0v) is 15.5. The first kappa shape index (κ1) is 19.8. The molecule has 1 heterocycles. The van der Waals surface area contributed by atoms with Crippen molar-refractivity contribution in [2.45, 2.75) is 45.8 Å². The summed E-state index contributed by atoms with van der Waals surface area (Å²) in [5.74, 6) is -0.961. The summed E-state index contributed by atoms with van der Waals surface area (Å²) in [5.41, 5.74) is 0.740. The molecule has 1 saturated heterocycles. The molecule has 1 aromatic carbocycles. The topological polar surface area (TPSA) is 87.7 Å². The average molecular weight is 361 g/mol. The minimum absolute atomic E-state index is 0.00461. The molecule has 3 amide bonds. The van der Waals surface area contributed by atoms with Gasteiger partial charge in [0.15, 0.2) is 6.10 Å². The van der Waals surface area contributed by atoms with Gasteiger partial charge in [0.25, 0.3) is 5.91 Å². The fraction of sp³-hybridized carbons (Fsp3) is 0.526. The second-order valence-corrected chi connectivity index (χ2v) is 6.80. The van der Waals surface area contributed by atoms with Crippen LogP contribution in [0.25, 0.3) is 0 Å². The molecule has 1 fully saturated rings. The molecule has 0 aromatic heterocycles. The van der Waals surface area contributed by atoms with Crippen LogP contribution in [0.2, 0.25) is 0 Å². The van der Waals surface area contributed by atoms with Crippen molar-refractivity contribution in [1.82, 2.24) is 10.2 Å². The number of nitrogens with zero attached hydrogens (tertiary/aromatic N) is 1. The van der Waals surface area contributed by atoms with Crippen LogP contribution in [0, 0.1) is 5.92 Å². The molecule has 0 aliphatic carbocycles. The van der Waals surface area contributed by atoms with Gasteiger partial charge >= 0.3 is 12.0 Å². The summed E-state index contributed by atoms with van der Waals surface area (Å²) < 4.78 is 5.27. The number of esters is 1. The molecule has 0 radical (unpaired) electrons. The molecule has 1 atom stereocenters. The fourth-order valence-electron chi connectivity index (χ4n) is 2.77. The highest BCUT2D eigenvalue weighted by molar-refractivity contribution is 5.89. The van der Waals surface area contributed by atoms with Gasteiger partial charge in [-0.2, -0.15) is 0 Å². The van der Waals surface area contributed by atoms with Crippen LogP contribution in [0.4, 0.5) is 10.5 Å². The van der Waals surface area contributed by atoms with Gasteiger partial charge in [-0.05, 0) is 45.7 Å². The van der Waals surface area contributed by atoms with E-state index in [1.165, 1.54) is 0 Å². The standard InChI is InChI=1S/C19H27N3O4/c1-13(2)20-17(23)14(3)26-18(24)15-9-11-22(12-10-15)19(25)21-16-7-5-4-6-8-16/h4-8,13-15H,9-12H2,1-3H3,(H,20,23)(H,21,25)/t14-/m1/s1. The van der Waals surface area contributed by atoms with E-state index in [1.54, 1.807) is 11.8 Å². The maximum Gasteiger partial charge on any atom is 0.321 e. The fourth-order valence-corrected chi connectivity index (χ4v) is 2.77. The summed E-state index contributed by atoms with van der Waals surface area (Å²) in [5, 5.41) is 5.56. The number of rotatable bonds is 5. The third kappa shape index (κ3) is 5.75. The van der Waals surface area contributed by atoms with Crippen molar-refractivity contribution >= 4 is 23.6 Å². The summed E-state index contributed by atoms with van der Waals surface area (Å²) in [6.07, 6.45) is 0.239. The molecule has 1 aliphatic rings. The number of likely N-dealkylation sites (tertiary alicyclic amines) is 1. The first-order valence-corrected chi connectivity index (χ1v) is 8.98. The monoisotopic (exact) mass is 361 g/mol. The van der Waals surface area contributed by atoms with E-state index in [2.05, 4.69) is 10.6 Å². The number of ether oxygens (including phenoxy) is 1. The third-order valence-corrected chi connectivity index (χ3v) is 4.23. The predicted molar refractivity (Wildman–Crippen MR) is 98.6 cm³/mol. The van der Waals surface area contributed by atoms with Crippen molar-refractivity contribution < 1.29 is 19.1 Å². The van der Waals surface area contributed by atoms with Crippen molar-refractivity contribution in [2.75, 3.05) is 18.4 Å². The Balaban J connectivity index is 1.77. The lowest BCUT2D eigenvalue weighted by Gasteiger charge is -2.31. The molecule has 0 saturated carbocycles. The van der Waals surface area contributed by atoms with Crippen molar-refractivity contribution in [3.05, 3.63) is 30.3 Å². The molecule has 26 heavy (non-hydrogen) atoms. The second-order valence-electron chi connectivity index (χ2n) is 6.80. The Bertz CT molecular complexity index is 625. The number of carbonyl (C=O) groups excluding carboxylic acids is 3. The van der Waals surface area contributed by atoms with E-state index in [-0.39, 0.29) is 29.9 Å². The molecule has 0 bridgehead atoms. The second kappa shape index (κ2) is 9.22. The minimum atomic E-state index is -0.815. The lowest BCUT2D eigenvalue weighted by Crippen LogP contribution is -2.44. The zero-order valence-electron chi connectivity index (χ0n) is 15.5. The van der Waals surface area contributed by atoms with Gasteiger partial charge in [-0.25, -0.2) is 4.79 Å². The molecule has 1 aliphatic heterocycles. The van der Waals surface area contributed by atoms with Gasteiger partial charge in [-0.3, -0.25) is 9.59 Å². The number of amides is 3. The van der Waals surface area contributed by atoms with Crippen LogP contribution in [0.1, 0.15) is 33.6 Å².